The van der Waals surface area contributed by atoms with Crippen LogP contribution in [0.2, 0.25) is 0 Å². The van der Waals surface area contributed by atoms with Gasteiger partial charge in [-0.05, 0) is 18.2 Å². The molecule has 2 heteroatoms. The molecule has 2 rings (SSSR count). The van der Waals surface area contributed by atoms with Crippen molar-refractivity contribution in [2.75, 3.05) is 0 Å². The summed E-state index contributed by atoms with van der Waals surface area (Å²) in [6, 6.07) is 16.4. The molecule has 2 nitrogen and oxygen atoms in total. The van der Waals surface area contributed by atoms with E-state index >= 15 is 0 Å². The zero-order chi connectivity index (χ0) is 10.5. The minimum atomic E-state index is 0.0217. The van der Waals surface area contributed by atoms with E-state index in [2.05, 4.69) is 0 Å². The fourth-order valence-electron chi connectivity index (χ4n) is 1.30. The topological polar surface area (TPSA) is 29.1 Å². The number of ether oxygens (including phenoxy) is 1. The number of benzene rings is 2. The largest absolute Gasteiger partial charge is 0.489 e. The Bertz CT molecular complexity index is 424. The van der Waals surface area contributed by atoms with Crippen LogP contribution >= 0.6 is 0 Å². The van der Waals surface area contributed by atoms with Crippen LogP contribution in [0.25, 0.3) is 0 Å². The Balaban J connectivity index is 2.03. The summed E-state index contributed by atoms with van der Waals surface area (Å²) in [6.07, 6.45) is 0. The number of hydrogen-bond acceptors (Lipinski definition) is 1. The van der Waals surface area contributed by atoms with Gasteiger partial charge in [-0.1, -0.05) is 36.4 Å². The fourth-order valence-corrected chi connectivity index (χ4v) is 1.30. The minimum Gasteiger partial charge on any atom is -0.489 e. The molecule has 0 N–H and O–H groups in total. The lowest BCUT2D eigenvalue weighted by atomic mass is 10.2. The van der Waals surface area contributed by atoms with Crippen molar-refractivity contribution in [2.24, 2.45) is 0 Å². The quantitative estimate of drug-likeness (QED) is 0.744. The standard InChI is InChI=1S/C13H11O2/c14-13-9-5-4-6-11(13)10-15-12-7-2-1-3-8-12/h1-9H,10H2. The lowest BCUT2D eigenvalue weighted by Gasteiger charge is -2.05. The van der Waals surface area contributed by atoms with Crippen molar-refractivity contribution in [3.8, 4) is 11.5 Å². The highest BCUT2D eigenvalue weighted by Gasteiger charge is 2.01. The highest BCUT2D eigenvalue weighted by molar-refractivity contribution is 5.31. The van der Waals surface area contributed by atoms with Crippen molar-refractivity contribution < 1.29 is 9.84 Å². The number of para-hydroxylation sites is 2. The maximum Gasteiger partial charge on any atom is 0.185 e. The Morgan fingerprint density at radius 2 is 1.53 bits per heavy atom. The highest BCUT2D eigenvalue weighted by Crippen LogP contribution is 2.19. The lowest BCUT2D eigenvalue weighted by molar-refractivity contribution is 0.286. The van der Waals surface area contributed by atoms with Crippen LogP contribution in [0.4, 0.5) is 0 Å². The van der Waals surface area contributed by atoms with Crippen molar-refractivity contribution in [1.29, 1.82) is 0 Å². The van der Waals surface area contributed by atoms with Crippen molar-refractivity contribution in [1.82, 2.24) is 0 Å². The van der Waals surface area contributed by atoms with E-state index in [4.69, 9.17) is 4.74 Å². The maximum absolute atomic E-state index is 11.4. The summed E-state index contributed by atoms with van der Waals surface area (Å²) in [7, 11) is 0. The summed E-state index contributed by atoms with van der Waals surface area (Å²) >= 11 is 0. The van der Waals surface area contributed by atoms with E-state index in [1.807, 2.05) is 36.4 Å². The summed E-state index contributed by atoms with van der Waals surface area (Å²) in [6.45, 7) is 0.323. The van der Waals surface area contributed by atoms with Gasteiger partial charge >= 0.3 is 0 Å². The van der Waals surface area contributed by atoms with E-state index in [1.54, 1.807) is 18.2 Å². The Morgan fingerprint density at radius 1 is 0.867 bits per heavy atom. The van der Waals surface area contributed by atoms with E-state index in [-0.39, 0.29) is 5.75 Å². The molecule has 0 fully saturated rings. The Morgan fingerprint density at radius 3 is 2.27 bits per heavy atom. The molecule has 0 atom stereocenters. The summed E-state index contributed by atoms with van der Waals surface area (Å²) in [5.74, 6) is 0.800. The predicted molar refractivity (Wildman–Crippen MR) is 57.3 cm³/mol. The van der Waals surface area contributed by atoms with Gasteiger partial charge in [0.1, 0.15) is 12.4 Å². The second kappa shape index (κ2) is 4.51. The molecule has 0 aliphatic heterocycles. The van der Waals surface area contributed by atoms with Crippen molar-refractivity contribution in [2.45, 2.75) is 6.61 Å². The van der Waals surface area contributed by atoms with Gasteiger partial charge in [0.25, 0.3) is 0 Å². The van der Waals surface area contributed by atoms with Crippen LogP contribution in [0.1, 0.15) is 5.56 Å². The molecule has 1 radical (unpaired) electrons. The molecule has 2 aromatic carbocycles. The minimum absolute atomic E-state index is 0.0217. The zero-order valence-corrected chi connectivity index (χ0v) is 8.22. The normalized spacial score (nSPS) is 9.87. The molecule has 0 spiro atoms. The van der Waals surface area contributed by atoms with Crippen LogP contribution in [0.3, 0.4) is 0 Å². The van der Waals surface area contributed by atoms with Gasteiger partial charge in [-0.3, -0.25) is 5.11 Å². The van der Waals surface area contributed by atoms with Gasteiger partial charge in [-0.25, -0.2) is 0 Å². The number of rotatable bonds is 3. The summed E-state index contributed by atoms with van der Waals surface area (Å²) in [5, 5.41) is 11.4. The Kier molecular flexibility index (Phi) is 2.88. The van der Waals surface area contributed by atoms with E-state index in [0.29, 0.717) is 12.2 Å². The first-order valence-corrected chi connectivity index (χ1v) is 4.79. The van der Waals surface area contributed by atoms with Gasteiger partial charge < -0.3 is 4.74 Å². The van der Waals surface area contributed by atoms with Crippen molar-refractivity contribution in [3.63, 3.8) is 0 Å². The molecular weight excluding hydrogens is 188 g/mol. The second-order valence-electron chi connectivity index (χ2n) is 3.21. The third kappa shape index (κ3) is 2.50. The Labute approximate surface area is 88.8 Å². The predicted octanol–water partition coefficient (Wildman–Crippen LogP) is 3.41. The molecule has 15 heavy (non-hydrogen) atoms. The highest BCUT2D eigenvalue weighted by atomic mass is 16.5. The molecular formula is C13H11O2. The SMILES string of the molecule is [O]c1ccccc1COc1ccccc1. The summed E-state index contributed by atoms with van der Waals surface area (Å²) in [4.78, 5) is 0. The van der Waals surface area contributed by atoms with E-state index in [0.717, 1.165) is 5.75 Å². The van der Waals surface area contributed by atoms with Crippen LogP contribution in [-0.2, 0) is 11.7 Å². The molecule has 0 bridgehead atoms. The molecule has 2 aromatic rings. The Hall–Kier alpha value is -1.96. The molecule has 0 heterocycles. The van der Waals surface area contributed by atoms with E-state index in [9.17, 15) is 5.11 Å². The van der Waals surface area contributed by atoms with Gasteiger partial charge in [-0.2, -0.15) is 0 Å². The van der Waals surface area contributed by atoms with Crippen LogP contribution in [0, 0.1) is 0 Å². The second-order valence-corrected chi connectivity index (χ2v) is 3.21. The van der Waals surface area contributed by atoms with Gasteiger partial charge in [-0.15, -0.1) is 0 Å². The molecule has 0 saturated carbocycles. The molecule has 0 unspecified atom stereocenters. The van der Waals surface area contributed by atoms with E-state index in [1.165, 1.54) is 0 Å². The van der Waals surface area contributed by atoms with Crippen LogP contribution in [-0.4, -0.2) is 0 Å². The lowest BCUT2D eigenvalue weighted by Crippen LogP contribution is -1.94. The van der Waals surface area contributed by atoms with Gasteiger partial charge in [0.05, 0.1) is 0 Å². The molecule has 0 saturated heterocycles. The third-order valence-corrected chi connectivity index (χ3v) is 2.11. The summed E-state index contributed by atoms with van der Waals surface area (Å²) < 4.78 is 5.47. The first-order valence-electron chi connectivity index (χ1n) is 4.79. The fraction of sp³-hybridized carbons (Fsp3) is 0.0769. The molecule has 0 aromatic heterocycles. The smallest absolute Gasteiger partial charge is 0.185 e. The first-order chi connectivity index (χ1) is 7.36. The van der Waals surface area contributed by atoms with Gasteiger partial charge in [0, 0.05) is 5.56 Å². The first kappa shape index (κ1) is 9.59. The van der Waals surface area contributed by atoms with Crippen molar-refractivity contribution >= 4 is 0 Å². The summed E-state index contributed by atoms with van der Waals surface area (Å²) in [5.41, 5.74) is 0.682. The third-order valence-electron chi connectivity index (χ3n) is 2.11. The van der Waals surface area contributed by atoms with Gasteiger partial charge in [0.2, 0.25) is 0 Å². The average Bonchev–Trinajstić information content (AvgIpc) is 2.29. The van der Waals surface area contributed by atoms with Crippen LogP contribution < -0.4 is 4.74 Å². The van der Waals surface area contributed by atoms with Crippen molar-refractivity contribution in [3.05, 3.63) is 60.2 Å². The zero-order valence-electron chi connectivity index (χ0n) is 8.22. The monoisotopic (exact) mass is 199 g/mol. The molecule has 75 valence electrons. The van der Waals surface area contributed by atoms with Crippen LogP contribution in [0.15, 0.2) is 54.6 Å². The molecule has 0 aliphatic rings. The molecule has 0 amide bonds. The van der Waals surface area contributed by atoms with E-state index < -0.39 is 0 Å². The maximum atomic E-state index is 11.4. The molecule has 0 aliphatic carbocycles. The van der Waals surface area contributed by atoms with Gasteiger partial charge in [0.15, 0.2) is 5.75 Å². The number of hydrogen-bond donors (Lipinski definition) is 0. The van der Waals surface area contributed by atoms with Crippen LogP contribution in [0.5, 0.6) is 11.5 Å². The average molecular weight is 199 g/mol.